The van der Waals surface area contributed by atoms with Gasteiger partial charge in [-0.3, -0.25) is 0 Å². The molecule has 0 radical (unpaired) electrons. The zero-order valence-electron chi connectivity index (χ0n) is 12.7. The topological polar surface area (TPSA) is 15.3 Å². The first kappa shape index (κ1) is 14.4. The van der Waals surface area contributed by atoms with Crippen LogP contribution in [-0.4, -0.2) is 19.1 Å². The quantitative estimate of drug-likeness (QED) is 0.856. The van der Waals surface area contributed by atoms with Crippen molar-refractivity contribution in [3.8, 4) is 0 Å². The van der Waals surface area contributed by atoms with Gasteiger partial charge in [0.15, 0.2) is 0 Å². The molecule has 1 aliphatic rings. The number of rotatable bonds is 5. The number of piperidine rings is 1. The Kier molecular flexibility index (Phi) is 5.26. The number of anilines is 1. The lowest BCUT2D eigenvalue weighted by molar-refractivity contribution is 0.480. The molecule has 0 aliphatic carbocycles. The molecule has 0 saturated carbocycles. The number of hydrogen-bond acceptors (Lipinski definition) is 2. The Morgan fingerprint density at radius 1 is 1.32 bits per heavy atom. The zero-order valence-corrected chi connectivity index (χ0v) is 12.7. The standard InChI is InChI=1S/C17H28N2/c1-4-12-18-15(3)16-10-5-6-11-17(16)19-13-8-7-9-14(19)2/h5-6,10-11,14-15,18H,4,7-9,12-13H2,1-3H3. The van der Waals surface area contributed by atoms with E-state index in [4.69, 9.17) is 0 Å². The van der Waals surface area contributed by atoms with E-state index in [1.54, 1.807) is 0 Å². The summed E-state index contributed by atoms with van der Waals surface area (Å²) in [6.45, 7) is 9.16. The monoisotopic (exact) mass is 260 g/mol. The van der Waals surface area contributed by atoms with Gasteiger partial charge in [-0.2, -0.15) is 0 Å². The van der Waals surface area contributed by atoms with E-state index in [1.807, 2.05) is 0 Å². The highest BCUT2D eigenvalue weighted by Gasteiger charge is 2.21. The predicted octanol–water partition coefficient (Wildman–Crippen LogP) is 4.13. The first-order valence-electron chi connectivity index (χ1n) is 7.83. The summed E-state index contributed by atoms with van der Waals surface area (Å²) < 4.78 is 0. The van der Waals surface area contributed by atoms with Gasteiger partial charge in [0.25, 0.3) is 0 Å². The Balaban J connectivity index is 2.19. The highest BCUT2D eigenvalue weighted by atomic mass is 15.2. The number of benzene rings is 1. The smallest absolute Gasteiger partial charge is 0.0417 e. The van der Waals surface area contributed by atoms with Crippen LogP contribution >= 0.6 is 0 Å². The maximum absolute atomic E-state index is 3.62. The van der Waals surface area contributed by atoms with Crippen molar-refractivity contribution < 1.29 is 0 Å². The molecule has 1 heterocycles. The van der Waals surface area contributed by atoms with Gasteiger partial charge in [-0.05, 0) is 57.7 Å². The molecule has 0 bridgehead atoms. The second kappa shape index (κ2) is 6.95. The van der Waals surface area contributed by atoms with E-state index in [0.29, 0.717) is 12.1 Å². The minimum atomic E-state index is 0.435. The molecule has 2 nitrogen and oxygen atoms in total. The Bertz CT molecular complexity index is 389. The van der Waals surface area contributed by atoms with Crippen molar-refractivity contribution in [2.45, 2.75) is 58.5 Å². The van der Waals surface area contributed by atoms with Crippen molar-refractivity contribution in [3.63, 3.8) is 0 Å². The number of nitrogens with zero attached hydrogens (tertiary/aromatic N) is 1. The largest absolute Gasteiger partial charge is 0.369 e. The molecule has 0 amide bonds. The predicted molar refractivity (Wildman–Crippen MR) is 83.8 cm³/mol. The maximum Gasteiger partial charge on any atom is 0.0417 e. The van der Waals surface area contributed by atoms with Crippen molar-refractivity contribution in [2.75, 3.05) is 18.0 Å². The first-order valence-corrected chi connectivity index (χ1v) is 7.83. The van der Waals surface area contributed by atoms with E-state index in [-0.39, 0.29) is 0 Å². The van der Waals surface area contributed by atoms with Crippen LogP contribution in [0.15, 0.2) is 24.3 Å². The lowest BCUT2D eigenvalue weighted by Gasteiger charge is -2.37. The van der Waals surface area contributed by atoms with Crippen LogP contribution in [0.2, 0.25) is 0 Å². The van der Waals surface area contributed by atoms with Crippen LogP contribution in [-0.2, 0) is 0 Å². The molecule has 1 saturated heterocycles. The van der Waals surface area contributed by atoms with Crippen molar-refractivity contribution in [3.05, 3.63) is 29.8 Å². The molecule has 0 spiro atoms. The average molecular weight is 260 g/mol. The van der Waals surface area contributed by atoms with E-state index >= 15 is 0 Å². The molecular weight excluding hydrogens is 232 g/mol. The molecule has 19 heavy (non-hydrogen) atoms. The third-order valence-electron chi connectivity index (χ3n) is 4.22. The van der Waals surface area contributed by atoms with Crippen LogP contribution < -0.4 is 10.2 Å². The van der Waals surface area contributed by atoms with Gasteiger partial charge in [0.05, 0.1) is 0 Å². The molecule has 2 atom stereocenters. The summed E-state index contributed by atoms with van der Waals surface area (Å²) in [6.07, 6.45) is 5.22. The number of para-hydroxylation sites is 1. The van der Waals surface area contributed by atoms with E-state index in [2.05, 4.69) is 55.3 Å². The van der Waals surface area contributed by atoms with Gasteiger partial charge in [0, 0.05) is 24.3 Å². The average Bonchev–Trinajstić information content (AvgIpc) is 2.45. The molecule has 1 aliphatic heterocycles. The Morgan fingerprint density at radius 2 is 2.11 bits per heavy atom. The van der Waals surface area contributed by atoms with Gasteiger partial charge in [0.2, 0.25) is 0 Å². The van der Waals surface area contributed by atoms with E-state index in [0.717, 1.165) is 6.54 Å². The fourth-order valence-electron chi connectivity index (χ4n) is 3.04. The lowest BCUT2D eigenvalue weighted by atomic mass is 9.99. The van der Waals surface area contributed by atoms with Crippen LogP contribution in [0.25, 0.3) is 0 Å². The fourth-order valence-corrected chi connectivity index (χ4v) is 3.04. The fraction of sp³-hybridized carbons (Fsp3) is 0.647. The van der Waals surface area contributed by atoms with Gasteiger partial charge in [-0.1, -0.05) is 25.1 Å². The normalized spacial score (nSPS) is 21.4. The molecule has 1 aromatic rings. The summed E-state index contributed by atoms with van der Waals surface area (Å²) in [6, 6.07) is 10.0. The molecule has 2 heteroatoms. The molecule has 1 N–H and O–H groups in total. The van der Waals surface area contributed by atoms with E-state index < -0.39 is 0 Å². The van der Waals surface area contributed by atoms with E-state index in [1.165, 1.54) is 43.5 Å². The summed E-state index contributed by atoms with van der Waals surface area (Å²) in [5.74, 6) is 0. The molecule has 0 aromatic heterocycles. The maximum atomic E-state index is 3.62. The highest BCUT2D eigenvalue weighted by Crippen LogP contribution is 2.31. The summed E-state index contributed by atoms with van der Waals surface area (Å²) in [7, 11) is 0. The molecule has 106 valence electrons. The van der Waals surface area contributed by atoms with Crippen molar-refractivity contribution in [2.24, 2.45) is 0 Å². The Hall–Kier alpha value is -1.02. The van der Waals surface area contributed by atoms with Crippen molar-refractivity contribution in [1.29, 1.82) is 0 Å². The summed E-state index contributed by atoms with van der Waals surface area (Å²) in [5, 5.41) is 3.62. The van der Waals surface area contributed by atoms with Gasteiger partial charge >= 0.3 is 0 Å². The highest BCUT2D eigenvalue weighted by molar-refractivity contribution is 5.56. The van der Waals surface area contributed by atoms with Crippen LogP contribution in [0.4, 0.5) is 5.69 Å². The van der Waals surface area contributed by atoms with Crippen LogP contribution in [0.1, 0.15) is 58.1 Å². The van der Waals surface area contributed by atoms with E-state index in [9.17, 15) is 0 Å². The van der Waals surface area contributed by atoms with Gasteiger partial charge < -0.3 is 10.2 Å². The van der Waals surface area contributed by atoms with Gasteiger partial charge in [-0.25, -0.2) is 0 Å². The third kappa shape index (κ3) is 3.50. The molecule has 2 unspecified atom stereocenters. The van der Waals surface area contributed by atoms with Crippen LogP contribution in [0, 0.1) is 0 Å². The molecule has 2 rings (SSSR count). The summed E-state index contributed by atoms with van der Waals surface area (Å²) >= 11 is 0. The van der Waals surface area contributed by atoms with Crippen molar-refractivity contribution in [1.82, 2.24) is 5.32 Å². The van der Waals surface area contributed by atoms with Crippen LogP contribution in [0.3, 0.4) is 0 Å². The molecule has 1 fully saturated rings. The van der Waals surface area contributed by atoms with Gasteiger partial charge in [0.1, 0.15) is 0 Å². The second-order valence-electron chi connectivity index (χ2n) is 5.77. The summed E-state index contributed by atoms with van der Waals surface area (Å²) in [5.41, 5.74) is 2.88. The molecule has 1 aromatic carbocycles. The van der Waals surface area contributed by atoms with Gasteiger partial charge in [-0.15, -0.1) is 0 Å². The number of nitrogens with one attached hydrogen (secondary N) is 1. The first-order chi connectivity index (χ1) is 9.24. The second-order valence-corrected chi connectivity index (χ2v) is 5.77. The van der Waals surface area contributed by atoms with Crippen molar-refractivity contribution >= 4 is 5.69 Å². The Labute approximate surface area is 118 Å². The third-order valence-corrected chi connectivity index (χ3v) is 4.22. The minimum absolute atomic E-state index is 0.435. The lowest BCUT2D eigenvalue weighted by Crippen LogP contribution is -2.38. The Morgan fingerprint density at radius 3 is 2.84 bits per heavy atom. The SMILES string of the molecule is CCCNC(C)c1ccccc1N1CCCCC1C. The summed E-state index contributed by atoms with van der Waals surface area (Å²) in [4.78, 5) is 2.60. The minimum Gasteiger partial charge on any atom is -0.369 e. The van der Waals surface area contributed by atoms with Crippen LogP contribution in [0.5, 0.6) is 0 Å². The molecular formula is C17H28N2. The number of hydrogen-bond donors (Lipinski definition) is 1. The zero-order chi connectivity index (χ0) is 13.7.